The summed E-state index contributed by atoms with van der Waals surface area (Å²) in [6, 6.07) is 13.9. The molecule has 2 aromatic rings. The number of ketones is 1. The zero-order valence-electron chi connectivity index (χ0n) is 18.9. The summed E-state index contributed by atoms with van der Waals surface area (Å²) in [6.45, 7) is 11.2. The van der Waals surface area contributed by atoms with Gasteiger partial charge in [0.05, 0.1) is 5.03 Å². The Morgan fingerprint density at radius 1 is 1.12 bits per heavy atom. The molecule has 0 unspecified atom stereocenters. The Kier molecular flexibility index (Phi) is 7.80. The van der Waals surface area contributed by atoms with E-state index in [1.165, 1.54) is 31.9 Å². The van der Waals surface area contributed by atoms with E-state index in [2.05, 4.69) is 18.4 Å². The lowest BCUT2D eigenvalue weighted by Crippen LogP contribution is -2.32. The highest BCUT2D eigenvalue weighted by atomic mass is 32.2. The number of rotatable bonds is 10. The van der Waals surface area contributed by atoms with Crippen molar-refractivity contribution in [3.8, 4) is 5.75 Å². The maximum absolute atomic E-state index is 13.4. The minimum absolute atomic E-state index is 0.0530. The molecule has 0 heterocycles. The van der Waals surface area contributed by atoms with Crippen LogP contribution in [0.1, 0.15) is 54.3 Å². The van der Waals surface area contributed by atoms with Crippen LogP contribution in [0.15, 0.2) is 71.1 Å². The van der Waals surface area contributed by atoms with E-state index in [0.29, 0.717) is 29.4 Å². The molecular formula is C26H30N2O3S. The first-order valence-corrected chi connectivity index (χ1v) is 11.7. The predicted octanol–water partition coefficient (Wildman–Crippen LogP) is 5.83. The number of thioether (sulfide) groups is 1. The second-order valence-corrected chi connectivity index (χ2v) is 8.98. The number of amides is 1. The van der Waals surface area contributed by atoms with Gasteiger partial charge in [0.15, 0.2) is 5.78 Å². The van der Waals surface area contributed by atoms with Gasteiger partial charge >= 0.3 is 0 Å². The molecule has 6 heteroatoms. The van der Waals surface area contributed by atoms with Crippen molar-refractivity contribution < 1.29 is 14.7 Å². The second-order valence-electron chi connectivity index (χ2n) is 8.04. The minimum atomic E-state index is -0.199. The zero-order chi connectivity index (χ0) is 23.3. The third-order valence-electron chi connectivity index (χ3n) is 5.38. The molecule has 5 nitrogen and oxygen atoms in total. The standard InChI is InChI=1S/C26H30N2O3S/c1-5-27(23-11-12-23)20(4)32-17-18(2)16-28(24-8-6-7-22(15-24)19(3)29)26(31)21-9-13-25(30)14-10-21/h6-10,13-15,17,23,30H,4-5,11-12,16H2,1-3H3/b18-17+. The van der Waals surface area contributed by atoms with Gasteiger partial charge in [0.2, 0.25) is 0 Å². The highest BCUT2D eigenvalue weighted by molar-refractivity contribution is 8.05. The van der Waals surface area contributed by atoms with E-state index < -0.39 is 0 Å². The SMILES string of the molecule is C=C(S/C=C(\C)CN(C(=O)c1ccc(O)cc1)c1cccc(C(C)=O)c1)N(CC)C1CC1. The second kappa shape index (κ2) is 10.6. The third-order valence-corrected chi connectivity index (χ3v) is 6.40. The smallest absolute Gasteiger partial charge is 0.258 e. The van der Waals surface area contributed by atoms with Gasteiger partial charge in [0.1, 0.15) is 5.75 Å². The van der Waals surface area contributed by atoms with Gasteiger partial charge < -0.3 is 14.9 Å². The molecule has 0 atom stereocenters. The van der Waals surface area contributed by atoms with Gasteiger partial charge in [-0.1, -0.05) is 30.5 Å². The Morgan fingerprint density at radius 3 is 2.41 bits per heavy atom. The number of hydrogen-bond acceptors (Lipinski definition) is 5. The molecule has 1 aliphatic rings. The summed E-state index contributed by atoms with van der Waals surface area (Å²) in [7, 11) is 0. The highest BCUT2D eigenvalue weighted by Crippen LogP contribution is 2.34. The number of nitrogens with zero attached hydrogens (tertiary/aromatic N) is 2. The molecule has 1 fully saturated rings. The fourth-order valence-corrected chi connectivity index (χ4v) is 4.31. The average Bonchev–Trinajstić information content (AvgIpc) is 3.62. The monoisotopic (exact) mass is 450 g/mol. The average molecular weight is 451 g/mol. The molecule has 0 bridgehead atoms. The van der Waals surface area contributed by atoms with Gasteiger partial charge in [0, 0.05) is 35.9 Å². The van der Waals surface area contributed by atoms with Gasteiger partial charge in [-0.25, -0.2) is 0 Å². The van der Waals surface area contributed by atoms with Crippen LogP contribution in [0.25, 0.3) is 0 Å². The summed E-state index contributed by atoms with van der Waals surface area (Å²) in [5.41, 5.74) is 2.68. The van der Waals surface area contributed by atoms with Crippen LogP contribution in [0.3, 0.4) is 0 Å². The molecule has 2 aromatic carbocycles. The lowest BCUT2D eigenvalue weighted by Gasteiger charge is -2.25. The fourth-order valence-electron chi connectivity index (χ4n) is 3.48. The van der Waals surface area contributed by atoms with E-state index in [-0.39, 0.29) is 17.4 Å². The molecule has 0 saturated heterocycles. The lowest BCUT2D eigenvalue weighted by molar-refractivity contribution is 0.0985. The van der Waals surface area contributed by atoms with Crippen molar-refractivity contribution >= 4 is 29.1 Å². The van der Waals surface area contributed by atoms with E-state index in [1.54, 1.807) is 47.0 Å². The Morgan fingerprint density at radius 2 is 1.81 bits per heavy atom. The summed E-state index contributed by atoms with van der Waals surface area (Å²) >= 11 is 1.58. The number of phenolic OH excluding ortho intramolecular Hbond substituents is 1. The van der Waals surface area contributed by atoms with Crippen molar-refractivity contribution in [1.82, 2.24) is 4.90 Å². The topological polar surface area (TPSA) is 60.9 Å². The minimum Gasteiger partial charge on any atom is -0.508 e. The predicted molar refractivity (Wildman–Crippen MR) is 132 cm³/mol. The largest absolute Gasteiger partial charge is 0.508 e. The molecule has 0 radical (unpaired) electrons. The molecular weight excluding hydrogens is 420 g/mol. The maximum atomic E-state index is 13.4. The van der Waals surface area contributed by atoms with Gasteiger partial charge in [-0.3, -0.25) is 9.59 Å². The van der Waals surface area contributed by atoms with Crippen LogP contribution in [0.2, 0.25) is 0 Å². The molecule has 0 aromatic heterocycles. The Hall–Kier alpha value is -2.99. The van der Waals surface area contributed by atoms with Crippen LogP contribution in [-0.2, 0) is 0 Å². The van der Waals surface area contributed by atoms with E-state index in [4.69, 9.17) is 0 Å². The summed E-state index contributed by atoms with van der Waals surface area (Å²) in [4.78, 5) is 29.2. The van der Waals surface area contributed by atoms with E-state index >= 15 is 0 Å². The highest BCUT2D eigenvalue weighted by Gasteiger charge is 2.28. The number of aromatic hydroxyl groups is 1. The number of carbonyl (C=O) groups excluding carboxylic acids is 2. The molecule has 1 N–H and O–H groups in total. The molecule has 32 heavy (non-hydrogen) atoms. The first kappa shape index (κ1) is 23.7. The van der Waals surface area contributed by atoms with Crippen molar-refractivity contribution in [3.63, 3.8) is 0 Å². The van der Waals surface area contributed by atoms with Crippen LogP contribution in [-0.4, -0.2) is 40.8 Å². The number of carbonyl (C=O) groups is 2. The van der Waals surface area contributed by atoms with Gasteiger partial charge in [0.25, 0.3) is 5.91 Å². The van der Waals surface area contributed by atoms with Crippen molar-refractivity contribution in [3.05, 3.63) is 82.2 Å². The number of benzene rings is 2. The molecule has 1 aliphatic carbocycles. The Labute approximate surface area is 194 Å². The lowest BCUT2D eigenvalue weighted by atomic mass is 10.1. The van der Waals surface area contributed by atoms with Gasteiger partial charge in [-0.05, 0) is 81.0 Å². The zero-order valence-corrected chi connectivity index (χ0v) is 19.7. The van der Waals surface area contributed by atoms with Crippen LogP contribution in [0, 0.1) is 0 Å². The van der Waals surface area contributed by atoms with E-state index in [1.807, 2.05) is 18.4 Å². The van der Waals surface area contributed by atoms with Gasteiger partial charge in [-0.15, -0.1) is 0 Å². The van der Waals surface area contributed by atoms with Crippen LogP contribution >= 0.6 is 11.8 Å². The molecule has 3 rings (SSSR count). The first-order chi connectivity index (χ1) is 15.3. The van der Waals surface area contributed by atoms with Crippen LogP contribution < -0.4 is 4.90 Å². The Balaban J connectivity index is 1.84. The molecule has 1 amide bonds. The molecule has 0 aliphatic heterocycles. The number of hydrogen-bond donors (Lipinski definition) is 1. The fraction of sp³-hybridized carbons (Fsp3) is 0.308. The van der Waals surface area contributed by atoms with Crippen molar-refractivity contribution in [2.45, 2.75) is 39.7 Å². The molecule has 168 valence electrons. The van der Waals surface area contributed by atoms with E-state index in [9.17, 15) is 14.7 Å². The normalized spacial score (nSPS) is 13.5. The number of anilines is 1. The molecule has 0 spiro atoms. The van der Waals surface area contributed by atoms with Crippen molar-refractivity contribution in [1.29, 1.82) is 0 Å². The summed E-state index contributed by atoms with van der Waals surface area (Å²) < 4.78 is 0. The van der Waals surface area contributed by atoms with Crippen molar-refractivity contribution in [2.75, 3.05) is 18.0 Å². The quantitative estimate of drug-likeness (QED) is 0.461. The first-order valence-electron chi connectivity index (χ1n) is 10.8. The van der Waals surface area contributed by atoms with Crippen molar-refractivity contribution in [2.24, 2.45) is 0 Å². The summed E-state index contributed by atoms with van der Waals surface area (Å²) in [6.07, 6.45) is 2.44. The Bertz CT molecular complexity index is 1030. The van der Waals surface area contributed by atoms with Crippen LogP contribution in [0.4, 0.5) is 5.69 Å². The summed E-state index contributed by atoms with van der Waals surface area (Å²) in [5.74, 6) is -0.146. The third kappa shape index (κ3) is 6.04. The van der Waals surface area contributed by atoms with Gasteiger partial charge in [-0.2, -0.15) is 0 Å². The van der Waals surface area contributed by atoms with Crippen LogP contribution in [0.5, 0.6) is 5.75 Å². The summed E-state index contributed by atoms with van der Waals surface area (Å²) in [5, 5.41) is 12.6. The van der Waals surface area contributed by atoms with E-state index in [0.717, 1.165) is 17.1 Å². The molecule has 1 saturated carbocycles. The maximum Gasteiger partial charge on any atom is 0.258 e. The number of Topliss-reactive ketones (excluding diaryl/α,β-unsaturated/α-hetero) is 1. The number of phenols is 1.